The summed E-state index contributed by atoms with van der Waals surface area (Å²) in [6, 6.07) is 8.32. The molecule has 0 aromatic heterocycles. The van der Waals surface area contributed by atoms with E-state index in [-0.39, 0.29) is 5.75 Å². The number of nitrogens with one attached hydrogen (secondary N) is 1. The summed E-state index contributed by atoms with van der Waals surface area (Å²) in [5.41, 5.74) is 0.515. The van der Waals surface area contributed by atoms with Gasteiger partial charge in [-0.3, -0.25) is 9.09 Å². The predicted octanol–water partition coefficient (Wildman–Crippen LogP) is 1.37. The molecule has 1 rings (SSSR count). The standard InChI is InChI=1S/C13H20NO7PS/c1-10(2)13(22(17,18)21-8-12(15)16)14-23(19,20)9-11-6-4-3-5-7-11/h3-7,10,13-14H,8-9H2,1-2H3,(H,15,16)(H,17,18). The van der Waals surface area contributed by atoms with Gasteiger partial charge in [-0.15, -0.1) is 0 Å². The maximum absolute atomic E-state index is 12.2. The largest absolute Gasteiger partial charge is 0.480 e. The second-order valence-electron chi connectivity index (χ2n) is 5.28. The van der Waals surface area contributed by atoms with E-state index in [1.807, 2.05) is 0 Å². The van der Waals surface area contributed by atoms with Crippen molar-refractivity contribution in [3.05, 3.63) is 35.9 Å². The zero-order chi connectivity index (χ0) is 17.7. The molecule has 0 aliphatic carbocycles. The molecule has 3 N–H and O–H groups in total. The number of hydrogen-bond donors (Lipinski definition) is 3. The molecule has 0 heterocycles. The summed E-state index contributed by atoms with van der Waals surface area (Å²) < 4.78 is 43.1. The Morgan fingerprint density at radius 3 is 2.35 bits per heavy atom. The van der Waals surface area contributed by atoms with Crippen molar-refractivity contribution < 1.29 is 32.3 Å². The average Bonchev–Trinajstić information content (AvgIpc) is 2.43. The van der Waals surface area contributed by atoms with Gasteiger partial charge < -0.3 is 10.00 Å². The molecule has 10 heteroatoms. The molecule has 0 aliphatic heterocycles. The molecule has 0 saturated carbocycles. The highest BCUT2D eigenvalue weighted by Crippen LogP contribution is 2.49. The van der Waals surface area contributed by atoms with Crippen LogP contribution in [0.25, 0.3) is 0 Å². The van der Waals surface area contributed by atoms with Crippen LogP contribution >= 0.6 is 7.60 Å². The second kappa shape index (κ2) is 8.03. The Bertz CT molecular complexity index is 675. The van der Waals surface area contributed by atoms with Gasteiger partial charge in [-0.25, -0.2) is 13.2 Å². The number of sulfonamides is 1. The van der Waals surface area contributed by atoms with Crippen molar-refractivity contribution in [1.82, 2.24) is 4.72 Å². The fourth-order valence-electron chi connectivity index (χ4n) is 1.83. The zero-order valence-electron chi connectivity index (χ0n) is 12.7. The number of carbonyl (C=O) groups is 1. The second-order valence-corrected chi connectivity index (χ2v) is 8.98. The highest BCUT2D eigenvalue weighted by atomic mass is 32.2. The first kappa shape index (κ1) is 19.8. The van der Waals surface area contributed by atoms with Crippen LogP contribution in [0.3, 0.4) is 0 Å². The summed E-state index contributed by atoms with van der Waals surface area (Å²) in [6.45, 7) is 2.07. The van der Waals surface area contributed by atoms with E-state index in [9.17, 15) is 22.7 Å². The molecule has 23 heavy (non-hydrogen) atoms. The van der Waals surface area contributed by atoms with Gasteiger partial charge in [0.15, 0.2) is 6.61 Å². The van der Waals surface area contributed by atoms with Crippen LogP contribution in [0.4, 0.5) is 0 Å². The maximum Gasteiger partial charge on any atom is 0.346 e. The topological polar surface area (TPSA) is 130 Å². The van der Waals surface area contributed by atoms with E-state index < -0.39 is 41.9 Å². The molecule has 1 aromatic carbocycles. The summed E-state index contributed by atoms with van der Waals surface area (Å²) in [7, 11) is -8.40. The molecule has 8 nitrogen and oxygen atoms in total. The molecule has 0 amide bonds. The SMILES string of the molecule is CC(C)C(NS(=O)(=O)Cc1ccccc1)P(=O)(O)OCC(=O)O. The van der Waals surface area contributed by atoms with Gasteiger partial charge >= 0.3 is 13.6 Å². The van der Waals surface area contributed by atoms with Crippen LogP contribution < -0.4 is 4.72 Å². The predicted molar refractivity (Wildman–Crippen MR) is 84.2 cm³/mol. The minimum absolute atomic E-state index is 0.365. The summed E-state index contributed by atoms with van der Waals surface area (Å²) >= 11 is 0. The Balaban J connectivity index is 2.90. The Labute approximate surface area is 135 Å². The molecule has 0 radical (unpaired) electrons. The number of carboxylic acids is 1. The minimum atomic E-state index is -4.48. The van der Waals surface area contributed by atoms with Crippen LogP contribution in [0, 0.1) is 5.92 Å². The first-order valence-corrected chi connectivity index (χ1v) is 10.1. The number of aliphatic carboxylic acids is 1. The van der Waals surface area contributed by atoms with Gasteiger partial charge in [-0.2, -0.15) is 4.72 Å². The van der Waals surface area contributed by atoms with E-state index in [0.717, 1.165) is 0 Å². The van der Waals surface area contributed by atoms with Crippen molar-refractivity contribution in [3.63, 3.8) is 0 Å². The van der Waals surface area contributed by atoms with E-state index in [1.165, 1.54) is 13.8 Å². The van der Waals surface area contributed by atoms with Crippen LogP contribution in [0.1, 0.15) is 19.4 Å². The monoisotopic (exact) mass is 365 g/mol. The number of benzene rings is 1. The number of hydrogen-bond acceptors (Lipinski definition) is 5. The summed E-state index contributed by atoms with van der Waals surface area (Å²) in [5, 5.41) is 8.53. The van der Waals surface area contributed by atoms with Gasteiger partial charge in [0.05, 0.1) is 5.75 Å². The quantitative estimate of drug-likeness (QED) is 0.564. The van der Waals surface area contributed by atoms with Gasteiger partial charge in [-0.1, -0.05) is 44.2 Å². The molecule has 0 saturated heterocycles. The molecule has 0 bridgehead atoms. The third kappa shape index (κ3) is 6.80. The lowest BCUT2D eigenvalue weighted by molar-refractivity contribution is -0.139. The molecule has 2 atom stereocenters. The van der Waals surface area contributed by atoms with Crippen molar-refractivity contribution in [1.29, 1.82) is 0 Å². The zero-order valence-corrected chi connectivity index (χ0v) is 14.5. The summed E-state index contributed by atoms with van der Waals surface area (Å²) in [4.78, 5) is 20.3. The van der Waals surface area contributed by atoms with E-state index >= 15 is 0 Å². The third-order valence-electron chi connectivity index (χ3n) is 2.86. The molecule has 1 aromatic rings. The van der Waals surface area contributed by atoms with E-state index in [1.54, 1.807) is 30.3 Å². The summed E-state index contributed by atoms with van der Waals surface area (Å²) in [5.74, 6) is -3.80. The Hall–Kier alpha value is -1.25. The van der Waals surface area contributed by atoms with Crippen LogP contribution in [0.5, 0.6) is 0 Å². The number of carboxylic acid groups (broad SMARTS) is 1. The lowest BCUT2D eigenvalue weighted by Crippen LogP contribution is -2.39. The highest BCUT2D eigenvalue weighted by Gasteiger charge is 2.38. The van der Waals surface area contributed by atoms with Crippen molar-refractivity contribution in [3.8, 4) is 0 Å². The molecule has 2 unspecified atom stereocenters. The van der Waals surface area contributed by atoms with E-state index in [0.29, 0.717) is 5.56 Å². The lowest BCUT2D eigenvalue weighted by Gasteiger charge is -2.26. The Morgan fingerprint density at radius 1 is 1.30 bits per heavy atom. The summed E-state index contributed by atoms with van der Waals surface area (Å²) in [6.07, 6.45) is 0. The van der Waals surface area contributed by atoms with Crippen molar-refractivity contribution in [2.75, 3.05) is 6.61 Å². The normalized spacial score (nSPS) is 16.0. The molecule has 0 fully saturated rings. The molecular formula is C13H20NO7PS. The molecule has 130 valence electrons. The average molecular weight is 365 g/mol. The van der Waals surface area contributed by atoms with Gasteiger partial charge in [0.25, 0.3) is 0 Å². The highest BCUT2D eigenvalue weighted by molar-refractivity contribution is 7.89. The fourth-order valence-corrected chi connectivity index (χ4v) is 5.41. The van der Waals surface area contributed by atoms with Crippen LogP contribution in [0.15, 0.2) is 30.3 Å². The van der Waals surface area contributed by atoms with Gasteiger partial charge in [0.1, 0.15) is 5.78 Å². The Morgan fingerprint density at radius 2 is 1.87 bits per heavy atom. The first-order chi connectivity index (χ1) is 10.5. The number of rotatable bonds is 9. The van der Waals surface area contributed by atoms with Crippen molar-refractivity contribution in [2.24, 2.45) is 5.92 Å². The van der Waals surface area contributed by atoms with Crippen LogP contribution in [0.2, 0.25) is 0 Å². The van der Waals surface area contributed by atoms with Crippen LogP contribution in [-0.2, 0) is 29.7 Å². The smallest absolute Gasteiger partial charge is 0.346 e. The maximum atomic E-state index is 12.2. The van der Waals surface area contributed by atoms with Gasteiger partial charge in [0.2, 0.25) is 10.0 Å². The molecule has 0 spiro atoms. The third-order valence-corrected chi connectivity index (χ3v) is 6.28. The van der Waals surface area contributed by atoms with Crippen molar-refractivity contribution >= 4 is 23.6 Å². The fraction of sp³-hybridized carbons (Fsp3) is 0.462. The minimum Gasteiger partial charge on any atom is -0.480 e. The van der Waals surface area contributed by atoms with Gasteiger partial charge in [-0.05, 0) is 11.5 Å². The van der Waals surface area contributed by atoms with Crippen molar-refractivity contribution in [2.45, 2.75) is 25.4 Å². The van der Waals surface area contributed by atoms with Crippen LogP contribution in [-0.4, -0.2) is 36.8 Å². The molecule has 0 aliphatic rings. The van der Waals surface area contributed by atoms with Gasteiger partial charge in [0, 0.05) is 0 Å². The van der Waals surface area contributed by atoms with E-state index in [4.69, 9.17) is 5.11 Å². The first-order valence-electron chi connectivity index (χ1n) is 6.76. The molecular weight excluding hydrogens is 345 g/mol. The lowest BCUT2D eigenvalue weighted by atomic mass is 10.2. The van der Waals surface area contributed by atoms with E-state index in [2.05, 4.69) is 9.25 Å². The Kier molecular flexibility index (Phi) is 6.91.